The highest BCUT2D eigenvalue weighted by Crippen LogP contribution is 2.12. The highest BCUT2D eigenvalue weighted by atomic mass is 35.5. The number of hydrogen-bond donors (Lipinski definition) is 1. The fourth-order valence-electron chi connectivity index (χ4n) is 1.86. The molecule has 0 bridgehead atoms. The highest BCUT2D eigenvalue weighted by molar-refractivity contribution is 7.89. The minimum atomic E-state index is -3.26. The van der Waals surface area contributed by atoms with Gasteiger partial charge in [-0.05, 0) is 37.0 Å². The maximum atomic E-state index is 11.7. The predicted molar refractivity (Wildman–Crippen MR) is 88.9 cm³/mol. The first-order valence-electron chi connectivity index (χ1n) is 7.32. The summed E-state index contributed by atoms with van der Waals surface area (Å²) in [4.78, 5) is 0. The van der Waals surface area contributed by atoms with Crippen molar-refractivity contribution in [3.8, 4) is 0 Å². The number of ether oxygens (including phenoxy) is 2. The molecule has 1 aromatic rings. The first-order valence-corrected chi connectivity index (χ1v) is 9.35. The van der Waals surface area contributed by atoms with Crippen molar-refractivity contribution >= 4 is 21.6 Å². The third-order valence-electron chi connectivity index (χ3n) is 3.03. The number of unbranched alkanes of at least 4 members (excludes halogenated alkanes) is 1. The van der Waals surface area contributed by atoms with E-state index in [-0.39, 0.29) is 12.4 Å². The van der Waals surface area contributed by atoms with Crippen LogP contribution in [0, 0.1) is 0 Å². The second kappa shape index (κ2) is 11.0. The number of aryl methyl sites for hydroxylation is 1. The van der Waals surface area contributed by atoms with Crippen LogP contribution in [0.15, 0.2) is 24.3 Å². The number of halogens is 1. The minimum Gasteiger partial charge on any atom is -0.382 e. The molecule has 0 aliphatic heterocycles. The molecule has 0 atom stereocenters. The van der Waals surface area contributed by atoms with Crippen LogP contribution >= 0.6 is 11.6 Å². The molecule has 22 heavy (non-hydrogen) atoms. The summed E-state index contributed by atoms with van der Waals surface area (Å²) in [6.07, 6.45) is 2.59. The van der Waals surface area contributed by atoms with Gasteiger partial charge in [0.2, 0.25) is 10.0 Å². The number of hydrogen-bond acceptors (Lipinski definition) is 4. The fraction of sp³-hybridized carbons (Fsp3) is 0.600. The van der Waals surface area contributed by atoms with Crippen molar-refractivity contribution in [2.45, 2.75) is 19.3 Å². The van der Waals surface area contributed by atoms with E-state index in [1.165, 1.54) is 5.56 Å². The monoisotopic (exact) mass is 349 g/mol. The second-order valence-corrected chi connectivity index (χ2v) is 7.27. The lowest BCUT2D eigenvalue weighted by molar-refractivity contribution is 0.0784. The van der Waals surface area contributed by atoms with Crippen molar-refractivity contribution in [3.05, 3.63) is 34.9 Å². The number of benzene rings is 1. The Bertz CT molecular complexity index is 522. The Hall–Kier alpha value is -0.660. The lowest BCUT2D eigenvalue weighted by Crippen LogP contribution is -2.29. The van der Waals surface area contributed by atoms with Gasteiger partial charge < -0.3 is 9.47 Å². The Kier molecular flexibility index (Phi) is 9.66. The Morgan fingerprint density at radius 2 is 2.00 bits per heavy atom. The normalized spacial score (nSPS) is 11.7. The molecular formula is C15H24ClNO4S. The molecule has 0 aromatic heterocycles. The molecule has 0 heterocycles. The molecule has 7 heteroatoms. The van der Waals surface area contributed by atoms with Crippen molar-refractivity contribution in [2.75, 3.05) is 39.2 Å². The number of rotatable bonds is 12. The first kappa shape index (κ1) is 19.4. The van der Waals surface area contributed by atoms with Gasteiger partial charge in [0.1, 0.15) is 0 Å². The molecule has 126 valence electrons. The average Bonchev–Trinajstić information content (AvgIpc) is 2.46. The molecule has 0 unspecified atom stereocenters. The minimum absolute atomic E-state index is 0.0228. The van der Waals surface area contributed by atoms with E-state index >= 15 is 0 Å². The molecule has 0 spiro atoms. The van der Waals surface area contributed by atoms with Crippen LogP contribution in [0.2, 0.25) is 5.02 Å². The van der Waals surface area contributed by atoms with Gasteiger partial charge in [-0.2, -0.15) is 0 Å². The molecule has 0 fully saturated rings. The van der Waals surface area contributed by atoms with Crippen molar-refractivity contribution in [1.82, 2.24) is 4.72 Å². The zero-order valence-corrected chi connectivity index (χ0v) is 14.5. The van der Waals surface area contributed by atoms with E-state index in [0.29, 0.717) is 19.8 Å². The molecule has 0 radical (unpaired) electrons. The zero-order valence-electron chi connectivity index (χ0n) is 12.9. The van der Waals surface area contributed by atoms with Gasteiger partial charge in [-0.1, -0.05) is 23.7 Å². The van der Waals surface area contributed by atoms with Crippen LogP contribution in [-0.4, -0.2) is 47.6 Å². The quantitative estimate of drug-likeness (QED) is 0.588. The summed E-state index contributed by atoms with van der Waals surface area (Å²) in [5.74, 6) is -0.0228. The molecule has 0 saturated carbocycles. The summed E-state index contributed by atoms with van der Waals surface area (Å²) in [6.45, 7) is 1.50. The molecule has 5 nitrogen and oxygen atoms in total. The number of nitrogens with one attached hydrogen (secondary N) is 1. The summed E-state index contributed by atoms with van der Waals surface area (Å²) in [5.41, 5.74) is 1.17. The lowest BCUT2D eigenvalue weighted by Gasteiger charge is -2.07. The highest BCUT2D eigenvalue weighted by Gasteiger charge is 2.08. The van der Waals surface area contributed by atoms with Crippen LogP contribution in [0.25, 0.3) is 0 Å². The second-order valence-electron chi connectivity index (χ2n) is 4.91. The van der Waals surface area contributed by atoms with Gasteiger partial charge in [-0.25, -0.2) is 13.1 Å². The third kappa shape index (κ3) is 9.38. The smallest absolute Gasteiger partial charge is 0.213 e. The van der Waals surface area contributed by atoms with E-state index in [4.69, 9.17) is 21.1 Å². The van der Waals surface area contributed by atoms with Gasteiger partial charge in [-0.3, -0.25) is 0 Å². The molecule has 0 aliphatic carbocycles. The average molecular weight is 350 g/mol. The van der Waals surface area contributed by atoms with E-state index in [9.17, 15) is 8.42 Å². The molecule has 1 N–H and O–H groups in total. The molecule has 0 aliphatic rings. The van der Waals surface area contributed by atoms with Gasteiger partial charge in [0.05, 0.1) is 25.6 Å². The van der Waals surface area contributed by atoms with E-state index in [2.05, 4.69) is 4.72 Å². The van der Waals surface area contributed by atoms with Gasteiger partial charge >= 0.3 is 0 Å². The molecule has 0 amide bonds. The SMILES string of the molecule is COCCOCCS(=O)(=O)NCCCCc1cccc(Cl)c1. The number of methoxy groups -OCH3 is 1. The first-order chi connectivity index (χ1) is 10.5. The Balaban J connectivity index is 2.10. The van der Waals surface area contributed by atoms with E-state index in [1.54, 1.807) is 7.11 Å². The summed E-state index contributed by atoms with van der Waals surface area (Å²) in [6, 6.07) is 7.72. The maximum Gasteiger partial charge on any atom is 0.213 e. The van der Waals surface area contributed by atoms with E-state index in [0.717, 1.165) is 24.3 Å². The summed E-state index contributed by atoms with van der Waals surface area (Å²) in [7, 11) is -1.68. The van der Waals surface area contributed by atoms with Crippen LogP contribution < -0.4 is 4.72 Å². The third-order valence-corrected chi connectivity index (χ3v) is 4.61. The van der Waals surface area contributed by atoms with Crippen LogP contribution in [0.4, 0.5) is 0 Å². The Labute approximate surface area is 138 Å². The maximum absolute atomic E-state index is 11.7. The Morgan fingerprint density at radius 1 is 1.18 bits per heavy atom. The molecule has 1 rings (SSSR count). The van der Waals surface area contributed by atoms with Crippen LogP contribution in [0.5, 0.6) is 0 Å². The van der Waals surface area contributed by atoms with Crippen LogP contribution in [0.1, 0.15) is 18.4 Å². The predicted octanol–water partition coefficient (Wildman–Crippen LogP) is 2.25. The summed E-state index contributed by atoms with van der Waals surface area (Å²) >= 11 is 5.91. The van der Waals surface area contributed by atoms with Crippen molar-refractivity contribution < 1.29 is 17.9 Å². The molecular weight excluding hydrogens is 326 g/mol. The van der Waals surface area contributed by atoms with Crippen LogP contribution in [0.3, 0.4) is 0 Å². The Morgan fingerprint density at radius 3 is 2.73 bits per heavy atom. The number of sulfonamides is 1. The van der Waals surface area contributed by atoms with Crippen molar-refractivity contribution in [2.24, 2.45) is 0 Å². The largest absolute Gasteiger partial charge is 0.382 e. The van der Waals surface area contributed by atoms with Gasteiger partial charge in [0, 0.05) is 18.7 Å². The molecule has 0 saturated heterocycles. The zero-order chi connectivity index (χ0) is 16.3. The topological polar surface area (TPSA) is 64.6 Å². The van der Waals surface area contributed by atoms with Crippen molar-refractivity contribution in [3.63, 3.8) is 0 Å². The fourth-order valence-corrected chi connectivity index (χ4v) is 3.01. The van der Waals surface area contributed by atoms with E-state index in [1.807, 2.05) is 24.3 Å². The molecule has 1 aromatic carbocycles. The van der Waals surface area contributed by atoms with Gasteiger partial charge in [0.15, 0.2) is 0 Å². The standard InChI is InChI=1S/C15H24ClNO4S/c1-20-9-10-21-11-12-22(18,19)17-8-3-2-5-14-6-4-7-15(16)13-14/h4,6-7,13,17H,2-3,5,8-12H2,1H3. The van der Waals surface area contributed by atoms with Gasteiger partial charge in [-0.15, -0.1) is 0 Å². The van der Waals surface area contributed by atoms with E-state index < -0.39 is 10.0 Å². The summed E-state index contributed by atoms with van der Waals surface area (Å²) < 4.78 is 35.9. The van der Waals surface area contributed by atoms with Gasteiger partial charge in [0.25, 0.3) is 0 Å². The lowest BCUT2D eigenvalue weighted by atomic mass is 10.1. The van der Waals surface area contributed by atoms with Crippen LogP contribution in [-0.2, 0) is 25.9 Å². The van der Waals surface area contributed by atoms with Crippen molar-refractivity contribution in [1.29, 1.82) is 0 Å². The summed E-state index contributed by atoms with van der Waals surface area (Å²) in [5, 5.41) is 0.728.